The number of nitriles is 1. The summed E-state index contributed by atoms with van der Waals surface area (Å²) < 4.78 is 12.8. The first-order valence-corrected chi connectivity index (χ1v) is 3.18. The zero-order valence-corrected chi connectivity index (χ0v) is 6.04. The number of nitrogens with zero attached hydrogens (tertiary/aromatic N) is 1. The molecule has 0 aliphatic carbocycles. The van der Waals surface area contributed by atoms with Gasteiger partial charge in [0.25, 0.3) is 0 Å². The van der Waals surface area contributed by atoms with Gasteiger partial charge in [-0.1, -0.05) is 6.07 Å². The molecule has 4 heteroatoms. The van der Waals surface area contributed by atoms with E-state index in [1.165, 1.54) is 12.1 Å². The molecule has 3 nitrogen and oxygen atoms in total. The van der Waals surface area contributed by atoms with Crippen molar-refractivity contribution in [2.75, 3.05) is 5.32 Å². The van der Waals surface area contributed by atoms with E-state index in [1.54, 1.807) is 6.07 Å². The van der Waals surface area contributed by atoms with Crippen molar-refractivity contribution in [3.8, 4) is 6.07 Å². The lowest BCUT2D eigenvalue weighted by Crippen LogP contribution is -1.98. The number of carbonyl (C=O) groups is 1. The SMILES string of the molecule is N#Cc1c(F)cccc1NC=O. The zero-order valence-electron chi connectivity index (χ0n) is 6.04. The van der Waals surface area contributed by atoms with Crippen molar-refractivity contribution < 1.29 is 9.18 Å². The minimum absolute atomic E-state index is 0.149. The van der Waals surface area contributed by atoms with Crippen LogP contribution in [0.15, 0.2) is 18.2 Å². The molecule has 0 radical (unpaired) electrons. The van der Waals surface area contributed by atoms with Crippen LogP contribution in [0.1, 0.15) is 5.56 Å². The number of rotatable bonds is 2. The fraction of sp³-hybridized carbons (Fsp3) is 0. The Bertz CT molecular complexity index is 343. The topological polar surface area (TPSA) is 52.9 Å². The Morgan fingerprint density at radius 2 is 2.33 bits per heavy atom. The summed E-state index contributed by atoms with van der Waals surface area (Å²) >= 11 is 0. The Hall–Kier alpha value is -1.89. The van der Waals surface area contributed by atoms with Crippen LogP contribution in [0.4, 0.5) is 10.1 Å². The van der Waals surface area contributed by atoms with Crippen LogP contribution < -0.4 is 5.32 Å². The predicted molar refractivity (Wildman–Crippen MR) is 40.8 cm³/mol. The maximum absolute atomic E-state index is 12.8. The number of hydrogen-bond acceptors (Lipinski definition) is 2. The van der Waals surface area contributed by atoms with Crippen LogP contribution in [0.2, 0.25) is 0 Å². The van der Waals surface area contributed by atoms with E-state index in [1.807, 2.05) is 0 Å². The highest BCUT2D eigenvalue weighted by molar-refractivity contribution is 5.75. The Morgan fingerprint density at radius 3 is 2.92 bits per heavy atom. The highest BCUT2D eigenvalue weighted by Gasteiger charge is 2.05. The van der Waals surface area contributed by atoms with Gasteiger partial charge in [0.05, 0.1) is 5.69 Å². The third-order valence-corrected chi connectivity index (χ3v) is 1.34. The third kappa shape index (κ3) is 1.40. The lowest BCUT2D eigenvalue weighted by atomic mass is 10.2. The van der Waals surface area contributed by atoms with Crippen LogP contribution >= 0.6 is 0 Å². The third-order valence-electron chi connectivity index (χ3n) is 1.34. The molecule has 1 aromatic rings. The highest BCUT2D eigenvalue weighted by atomic mass is 19.1. The Labute approximate surface area is 68.4 Å². The first-order chi connectivity index (χ1) is 5.79. The number of anilines is 1. The lowest BCUT2D eigenvalue weighted by molar-refractivity contribution is -0.105. The summed E-state index contributed by atoms with van der Waals surface area (Å²) in [7, 11) is 0. The van der Waals surface area contributed by atoms with Crippen molar-refractivity contribution in [3.63, 3.8) is 0 Å². The molecular formula is C8H5FN2O. The molecule has 0 unspecified atom stereocenters. The summed E-state index contributed by atoms with van der Waals surface area (Å²) in [5.74, 6) is -0.635. The lowest BCUT2D eigenvalue weighted by Gasteiger charge is -2.00. The van der Waals surface area contributed by atoms with Crippen molar-refractivity contribution in [1.82, 2.24) is 0 Å². The summed E-state index contributed by atoms with van der Waals surface area (Å²) in [6, 6.07) is 5.69. The normalized spacial score (nSPS) is 8.67. The molecule has 0 aliphatic heterocycles. The molecule has 0 fully saturated rings. The van der Waals surface area contributed by atoms with Crippen LogP contribution in [0.25, 0.3) is 0 Å². The van der Waals surface area contributed by atoms with Gasteiger partial charge in [-0.2, -0.15) is 5.26 Å². The van der Waals surface area contributed by atoms with E-state index in [-0.39, 0.29) is 11.3 Å². The van der Waals surface area contributed by atoms with Gasteiger partial charge in [0.1, 0.15) is 17.4 Å². The van der Waals surface area contributed by atoms with Gasteiger partial charge >= 0.3 is 0 Å². The number of carbonyl (C=O) groups excluding carboxylic acids is 1. The average molecular weight is 164 g/mol. The van der Waals surface area contributed by atoms with Gasteiger partial charge in [0, 0.05) is 0 Å². The number of amides is 1. The standard InChI is InChI=1S/C8H5FN2O/c9-7-2-1-3-8(11-5-12)6(7)4-10/h1-3,5H,(H,11,12). The minimum Gasteiger partial charge on any atom is -0.327 e. The average Bonchev–Trinajstić information content (AvgIpc) is 2.05. The zero-order chi connectivity index (χ0) is 8.97. The number of hydrogen-bond donors (Lipinski definition) is 1. The van der Waals surface area contributed by atoms with Crippen LogP contribution in [0.5, 0.6) is 0 Å². The molecule has 0 aromatic heterocycles. The molecule has 0 saturated heterocycles. The monoisotopic (exact) mass is 164 g/mol. The number of nitrogens with one attached hydrogen (secondary N) is 1. The van der Waals surface area contributed by atoms with E-state index in [4.69, 9.17) is 5.26 Å². The van der Waals surface area contributed by atoms with E-state index in [2.05, 4.69) is 5.32 Å². The molecule has 60 valence electrons. The largest absolute Gasteiger partial charge is 0.327 e. The molecule has 0 spiro atoms. The second-order valence-corrected chi connectivity index (χ2v) is 2.04. The second-order valence-electron chi connectivity index (χ2n) is 2.04. The molecule has 0 atom stereocenters. The summed E-state index contributed by atoms with van der Waals surface area (Å²) in [5, 5.41) is 10.7. The van der Waals surface area contributed by atoms with Crippen LogP contribution in [-0.2, 0) is 4.79 Å². The summed E-state index contributed by atoms with van der Waals surface area (Å²) in [4.78, 5) is 10.0. The highest BCUT2D eigenvalue weighted by Crippen LogP contribution is 2.16. The molecule has 0 bridgehead atoms. The van der Waals surface area contributed by atoms with Crippen molar-refractivity contribution in [2.45, 2.75) is 0 Å². The first kappa shape index (κ1) is 8.21. The fourth-order valence-electron chi connectivity index (χ4n) is 0.822. The van der Waals surface area contributed by atoms with Crippen LogP contribution in [0, 0.1) is 17.1 Å². The van der Waals surface area contributed by atoms with E-state index in [0.717, 1.165) is 6.07 Å². The molecule has 1 amide bonds. The van der Waals surface area contributed by atoms with Gasteiger partial charge in [0.15, 0.2) is 0 Å². The van der Waals surface area contributed by atoms with Crippen molar-refractivity contribution in [3.05, 3.63) is 29.6 Å². The first-order valence-electron chi connectivity index (χ1n) is 3.18. The molecule has 0 saturated carbocycles. The molecule has 1 aromatic carbocycles. The van der Waals surface area contributed by atoms with Crippen molar-refractivity contribution >= 4 is 12.1 Å². The Kier molecular flexibility index (Phi) is 2.38. The summed E-state index contributed by atoms with van der Waals surface area (Å²) in [5.41, 5.74) is 0.0390. The summed E-state index contributed by atoms with van der Waals surface area (Å²) in [6.07, 6.45) is 0.398. The van der Waals surface area contributed by atoms with Gasteiger partial charge in [-0.3, -0.25) is 4.79 Å². The minimum atomic E-state index is -0.635. The molecule has 0 aliphatic rings. The van der Waals surface area contributed by atoms with E-state index in [0.29, 0.717) is 6.41 Å². The maximum Gasteiger partial charge on any atom is 0.211 e. The Balaban J connectivity index is 3.20. The maximum atomic E-state index is 12.8. The van der Waals surface area contributed by atoms with E-state index >= 15 is 0 Å². The number of halogens is 1. The van der Waals surface area contributed by atoms with Gasteiger partial charge in [-0.25, -0.2) is 4.39 Å². The van der Waals surface area contributed by atoms with Gasteiger partial charge in [0.2, 0.25) is 6.41 Å². The summed E-state index contributed by atoms with van der Waals surface area (Å²) in [6.45, 7) is 0. The van der Waals surface area contributed by atoms with Crippen molar-refractivity contribution in [2.24, 2.45) is 0 Å². The van der Waals surface area contributed by atoms with Gasteiger partial charge < -0.3 is 5.32 Å². The number of benzene rings is 1. The quantitative estimate of drug-likeness (QED) is 0.669. The fourth-order valence-corrected chi connectivity index (χ4v) is 0.822. The molecular weight excluding hydrogens is 159 g/mol. The van der Waals surface area contributed by atoms with Gasteiger partial charge in [-0.15, -0.1) is 0 Å². The van der Waals surface area contributed by atoms with Crippen molar-refractivity contribution in [1.29, 1.82) is 5.26 Å². The molecule has 12 heavy (non-hydrogen) atoms. The molecule has 1 rings (SSSR count). The predicted octanol–water partition coefficient (Wildman–Crippen LogP) is 1.27. The smallest absolute Gasteiger partial charge is 0.211 e. The van der Waals surface area contributed by atoms with Gasteiger partial charge in [-0.05, 0) is 12.1 Å². The van der Waals surface area contributed by atoms with E-state index < -0.39 is 5.82 Å². The molecule has 0 heterocycles. The van der Waals surface area contributed by atoms with Crippen LogP contribution in [0.3, 0.4) is 0 Å². The van der Waals surface area contributed by atoms with E-state index in [9.17, 15) is 9.18 Å². The molecule has 1 N–H and O–H groups in total. The Morgan fingerprint density at radius 1 is 1.58 bits per heavy atom. The second kappa shape index (κ2) is 3.49. The van der Waals surface area contributed by atoms with Crippen LogP contribution in [-0.4, -0.2) is 6.41 Å².